The zero-order chi connectivity index (χ0) is 25.4. The number of halogens is 1. The summed E-state index contributed by atoms with van der Waals surface area (Å²) in [4.78, 5) is 26.3. The van der Waals surface area contributed by atoms with E-state index < -0.39 is 17.9 Å². The number of nitrogens with zero attached hydrogens (tertiary/aromatic N) is 1. The highest BCUT2D eigenvalue weighted by Crippen LogP contribution is 2.39. The van der Waals surface area contributed by atoms with Crippen molar-refractivity contribution < 1.29 is 19.1 Å². The van der Waals surface area contributed by atoms with Crippen molar-refractivity contribution in [1.82, 2.24) is 5.32 Å². The Labute approximate surface area is 210 Å². The molecule has 6 nitrogen and oxygen atoms in total. The fourth-order valence-electron chi connectivity index (χ4n) is 3.89. The van der Waals surface area contributed by atoms with Gasteiger partial charge in [-0.15, -0.1) is 0 Å². The van der Waals surface area contributed by atoms with Crippen molar-refractivity contribution in [3.8, 4) is 6.07 Å². The molecular formula is C28H27ClN2O4. The van der Waals surface area contributed by atoms with Gasteiger partial charge in [0.25, 0.3) is 0 Å². The molecule has 0 saturated carbocycles. The molecule has 1 aliphatic heterocycles. The Balaban J connectivity index is 1.87. The smallest absolute Gasteiger partial charge is 0.337 e. The molecule has 0 radical (unpaired) electrons. The predicted octanol–water partition coefficient (Wildman–Crippen LogP) is 5.60. The largest absolute Gasteiger partial charge is 0.461 e. The highest BCUT2D eigenvalue weighted by atomic mass is 35.5. The monoisotopic (exact) mass is 490 g/mol. The minimum Gasteiger partial charge on any atom is -0.461 e. The summed E-state index contributed by atoms with van der Waals surface area (Å²) in [7, 11) is 0. The van der Waals surface area contributed by atoms with E-state index in [0.717, 1.165) is 11.1 Å². The lowest BCUT2D eigenvalue weighted by Gasteiger charge is -2.30. The van der Waals surface area contributed by atoms with Crippen LogP contribution >= 0.6 is 11.6 Å². The van der Waals surface area contributed by atoms with Crippen LogP contribution in [-0.2, 0) is 19.1 Å². The summed E-state index contributed by atoms with van der Waals surface area (Å²) < 4.78 is 10.9. The number of allylic oxidation sites excluding steroid dienone is 2. The molecule has 2 aromatic rings. The van der Waals surface area contributed by atoms with Gasteiger partial charge < -0.3 is 14.8 Å². The van der Waals surface area contributed by atoms with Crippen LogP contribution in [0.15, 0.2) is 77.1 Å². The molecule has 1 heterocycles. The summed E-state index contributed by atoms with van der Waals surface area (Å²) in [6.45, 7) is 5.55. The van der Waals surface area contributed by atoms with Gasteiger partial charge in [-0.25, -0.2) is 9.59 Å². The van der Waals surface area contributed by atoms with Crippen molar-refractivity contribution in [2.45, 2.75) is 33.1 Å². The number of nitriles is 1. The molecule has 0 aromatic heterocycles. The van der Waals surface area contributed by atoms with Gasteiger partial charge in [-0.2, -0.15) is 5.26 Å². The SMILES string of the molecule is CC1=C(C(=O)OC/C=C/c2ccc(C)cc2)C(c2cccc(Cl)c2)C(C(=O)OCCC#N)=C(C)N1. The molecule has 0 bridgehead atoms. The van der Waals surface area contributed by atoms with E-state index in [-0.39, 0.29) is 25.2 Å². The van der Waals surface area contributed by atoms with Crippen LogP contribution in [0.3, 0.4) is 0 Å². The fraction of sp³-hybridized carbons (Fsp3) is 0.250. The van der Waals surface area contributed by atoms with Crippen molar-refractivity contribution in [2.75, 3.05) is 13.2 Å². The molecule has 0 amide bonds. The van der Waals surface area contributed by atoms with Crippen LogP contribution in [0.5, 0.6) is 0 Å². The van der Waals surface area contributed by atoms with Crippen molar-refractivity contribution in [3.63, 3.8) is 0 Å². The van der Waals surface area contributed by atoms with Crippen LogP contribution in [0.4, 0.5) is 0 Å². The molecule has 0 spiro atoms. The maximum absolute atomic E-state index is 13.3. The van der Waals surface area contributed by atoms with E-state index in [4.69, 9.17) is 26.3 Å². The Hall–Kier alpha value is -3.82. The number of dihydropyridines is 1. The first kappa shape index (κ1) is 25.8. The molecule has 1 unspecified atom stereocenters. The highest BCUT2D eigenvalue weighted by molar-refractivity contribution is 6.30. The minimum absolute atomic E-state index is 0.0410. The normalized spacial score (nSPS) is 15.6. The van der Waals surface area contributed by atoms with Crippen molar-refractivity contribution in [1.29, 1.82) is 5.26 Å². The molecule has 35 heavy (non-hydrogen) atoms. The number of nitrogens with one attached hydrogen (secondary N) is 1. The average Bonchev–Trinajstić information content (AvgIpc) is 2.82. The Bertz CT molecular complexity index is 1240. The van der Waals surface area contributed by atoms with Crippen LogP contribution in [-0.4, -0.2) is 25.2 Å². The summed E-state index contributed by atoms with van der Waals surface area (Å²) in [6.07, 6.45) is 3.72. The Kier molecular flexibility index (Phi) is 8.88. The second kappa shape index (κ2) is 12.0. The standard InChI is InChI=1S/C28H27ClN2O4/c1-18-10-12-21(13-11-18)7-5-15-34-27(32)24-19(2)31-20(3)25(28(33)35-16-6-14-30)26(24)22-8-4-9-23(29)17-22/h4-5,7-13,17,26,31H,6,15-16H2,1-3H3/b7-5+. The lowest BCUT2D eigenvalue weighted by molar-refractivity contribution is -0.139. The van der Waals surface area contributed by atoms with Gasteiger partial charge in [-0.1, -0.05) is 59.6 Å². The first-order valence-corrected chi connectivity index (χ1v) is 11.6. The van der Waals surface area contributed by atoms with Gasteiger partial charge in [0.05, 0.1) is 29.6 Å². The van der Waals surface area contributed by atoms with Gasteiger partial charge in [0.2, 0.25) is 0 Å². The second-order valence-corrected chi connectivity index (χ2v) is 8.58. The number of carbonyl (C=O) groups excluding carboxylic acids is 2. The lowest BCUT2D eigenvalue weighted by Crippen LogP contribution is -2.32. The third kappa shape index (κ3) is 6.62. The van der Waals surface area contributed by atoms with E-state index in [2.05, 4.69) is 5.32 Å². The lowest BCUT2D eigenvalue weighted by atomic mass is 9.80. The highest BCUT2D eigenvalue weighted by Gasteiger charge is 2.38. The Morgan fingerprint density at radius 2 is 1.69 bits per heavy atom. The van der Waals surface area contributed by atoms with Crippen molar-refractivity contribution in [2.24, 2.45) is 0 Å². The fourth-order valence-corrected chi connectivity index (χ4v) is 4.08. The van der Waals surface area contributed by atoms with E-state index in [1.54, 1.807) is 44.2 Å². The quantitative estimate of drug-likeness (QED) is 0.383. The van der Waals surface area contributed by atoms with Gasteiger partial charge in [0, 0.05) is 16.4 Å². The molecule has 1 N–H and O–H groups in total. The average molecular weight is 491 g/mol. The molecule has 1 atom stereocenters. The molecule has 0 aliphatic carbocycles. The molecule has 7 heteroatoms. The zero-order valence-electron chi connectivity index (χ0n) is 19.9. The van der Waals surface area contributed by atoms with Crippen molar-refractivity contribution >= 4 is 29.6 Å². The Morgan fingerprint density at radius 1 is 1.03 bits per heavy atom. The number of benzene rings is 2. The third-order valence-corrected chi connectivity index (χ3v) is 5.76. The van der Waals surface area contributed by atoms with E-state index >= 15 is 0 Å². The molecular weight excluding hydrogens is 464 g/mol. The predicted molar refractivity (Wildman–Crippen MR) is 135 cm³/mol. The number of rotatable bonds is 8. The number of carbonyl (C=O) groups is 2. The van der Waals surface area contributed by atoms with Gasteiger partial charge in [-0.05, 0) is 50.1 Å². The first-order chi connectivity index (χ1) is 16.8. The minimum atomic E-state index is -0.738. The van der Waals surface area contributed by atoms with E-state index in [0.29, 0.717) is 27.6 Å². The molecule has 0 fully saturated rings. The molecule has 0 saturated heterocycles. The summed E-state index contributed by atoms with van der Waals surface area (Å²) in [5, 5.41) is 12.4. The number of ether oxygens (including phenoxy) is 2. The van der Waals surface area contributed by atoms with Crippen LogP contribution in [0.1, 0.15) is 42.9 Å². The van der Waals surface area contributed by atoms with Crippen LogP contribution in [0.25, 0.3) is 6.08 Å². The second-order valence-electron chi connectivity index (χ2n) is 8.15. The van der Waals surface area contributed by atoms with E-state index in [9.17, 15) is 9.59 Å². The molecule has 2 aromatic carbocycles. The van der Waals surface area contributed by atoms with Crippen LogP contribution in [0.2, 0.25) is 5.02 Å². The van der Waals surface area contributed by atoms with Gasteiger partial charge >= 0.3 is 11.9 Å². The van der Waals surface area contributed by atoms with E-state index in [1.165, 1.54) is 0 Å². The topological polar surface area (TPSA) is 88.4 Å². The van der Waals surface area contributed by atoms with E-state index in [1.807, 2.05) is 43.3 Å². The zero-order valence-corrected chi connectivity index (χ0v) is 20.7. The maximum Gasteiger partial charge on any atom is 0.337 e. The number of hydrogen-bond donors (Lipinski definition) is 1. The molecule has 1 aliphatic rings. The summed E-state index contributed by atoms with van der Waals surface area (Å²) in [6, 6.07) is 16.9. The number of hydrogen-bond acceptors (Lipinski definition) is 6. The third-order valence-electron chi connectivity index (χ3n) is 5.53. The summed E-state index contributed by atoms with van der Waals surface area (Å²) in [5.41, 5.74) is 4.54. The van der Waals surface area contributed by atoms with Crippen LogP contribution < -0.4 is 5.32 Å². The summed E-state index contributed by atoms with van der Waals surface area (Å²) >= 11 is 6.24. The van der Waals surface area contributed by atoms with Gasteiger partial charge in [0.15, 0.2) is 0 Å². The van der Waals surface area contributed by atoms with Crippen LogP contribution in [0, 0.1) is 18.3 Å². The van der Waals surface area contributed by atoms with Gasteiger partial charge in [0.1, 0.15) is 13.2 Å². The summed E-state index contributed by atoms with van der Waals surface area (Å²) in [5.74, 6) is -1.89. The first-order valence-electron chi connectivity index (χ1n) is 11.2. The number of esters is 2. The molecule has 3 rings (SSSR count). The maximum atomic E-state index is 13.3. The molecule has 180 valence electrons. The van der Waals surface area contributed by atoms with Crippen molar-refractivity contribution in [3.05, 3.63) is 98.9 Å². The van der Waals surface area contributed by atoms with Gasteiger partial charge in [-0.3, -0.25) is 0 Å². The Morgan fingerprint density at radius 3 is 2.31 bits per heavy atom. The number of aryl methyl sites for hydroxylation is 1.